The van der Waals surface area contributed by atoms with E-state index in [-0.39, 0.29) is 5.82 Å². The highest BCUT2D eigenvalue weighted by molar-refractivity contribution is 6.32. The van der Waals surface area contributed by atoms with Crippen molar-refractivity contribution in [2.75, 3.05) is 13.2 Å². The molecule has 3 heterocycles. The van der Waals surface area contributed by atoms with Gasteiger partial charge in [0.25, 0.3) is 0 Å². The van der Waals surface area contributed by atoms with Crippen molar-refractivity contribution in [3.63, 3.8) is 0 Å². The number of hydrogen-bond donors (Lipinski definition) is 0. The number of alkyl halides is 3. The Morgan fingerprint density at radius 3 is 2.51 bits per heavy atom. The van der Waals surface area contributed by atoms with Crippen LogP contribution in [0.25, 0.3) is 16.6 Å². The maximum absolute atomic E-state index is 13.6. The Morgan fingerprint density at radius 1 is 1.06 bits per heavy atom. The van der Waals surface area contributed by atoms with Crippen molar-refractivity contribution >= 4 is 22.5 Å². The van der Waals surface area contributed by atoms with Gasteiger partial charge in [-0.15, -0.1) is 0 Å². The molecule has 0 saturated carbocycles. The summed E-state index contributed by atoms with van der Waals surface area (Å²) in [7, 11) is 0. The molecule has 0 amide bonds. The van der Waals surface area contributed by atoms with Crippen LogP contribution in [-0.4, -0.2) is 32.6 Å². The first-order chi connectivity index (χ1) is 16.8. The quantitative estimate of drug-likeness (QED) is 0.292. The molecule has 0 N–H and O–H groups in total. The molecular weight excluding hydrogens is 484 g/mol. The molecule has 184 valence electrons. The highest BCUT2D eigenvalue weighted by Gasteiger charge is 2.34. The molecule has 0 unspecified atom stereocenters. The molecule has 0 aliphatic carbocycles. The highest BCUT2D eigenvalue weighted by Crippen LogP contribution is 2.35. The molecule has 5 rings (SSSR count). The van der Waals surface area contributed by atoms with Crippen LogP contribution < -0.4 is 4.74 Å². The summed E-state index contributed by atoms with van der Waals surface area (Å²) in [6.45, 7) is 5.75. The van der Waals surface area contributed by atoms with E-state index in [0.29, 0.717) is 42.6 Å². The number of rotatable bonds is 3. The fraction of sp³-hybridized carbons (Fsp3) is 0.280. The van der Waals surface area contributed by atoms with Crippen LogP contribution in [0.3, 0.4) is 0 Å². The summed E-state index contributed by atoms with van der Waals surface area (Å²) < 4.78 is 59.5. The number of aromatic nitrogens is 3. The smallest absolute Gasteiger partial charge is 0.451 e. The van der Waals surface area contributed by atoms with Gasteiger partial charge >= 0.3 is 6.18 Å². The number of nitrogens with zero attached hydrogens (tertiary/aromatic N) is 4. The van der Waals surface area contributed by atoms with Crippen LogP contribution in [0.1, 0.15) is 30.8 Å². The zero-order valence-corrected chi connectivity index (χ0v) is 19.9. The lowest BCUT2D eigenvalue weighted by Gasteiger charge is -2.19. The number of halogens is 5. The van der Waals surface area contributed by atoms with E-state index in [2.05, 4.69) is 9.97 Å². The van der Waals surface area contributed by atoms with Gasteiger partial charge in [0.2, 0.25) is 5.82 Å². The standard InChI is InChI=1S/C23H17ClF4N4O.C2H6/c24-19-9-18(32-4-3-15-7-17(25)1-2-20(15)32)8-16-13-31(5-6-33-21(16)19)12-14-10-29-22(30-11-14)23(26,27)28;1-2/h1-4,7-11H,5-6,12-13H2;1-2H3. The van der Waals surface area contributed by atoms with Crippen molar-refractivity contribution in [3.8, 4) is 11.4 Å². The van der Waals surface area contributed by atoms with Crippen LogP contribution in [0, 0.1) is 5.82 Å². The molecule has 0 saturated heterocycles. The second-order valence-corrected chi connectivity index (χ2v) is 8.18. The molecule has 0 bridgehead atoms. The van der Waals surface area contributed by atoms with Crippen molar-refractivity contribution in [2.45, 2.75) is 33.1 Å². The van der Waals surface area contributed by atoms with Crippen LogP contribution >= 0.6 is 11.6 Å². The average Bonchev–Trinajstić information content (AvgIpc) is 3.13. The molecule has 10 heteroatoms. The van der Waals surface area contributed by atoms with Gasteiger partial charge in [-0.3, -0.25) is 4.90 Å². The van der Waals surface area contributed by atoms with Crippen LogP contribution in [0.4, 0.5) is 17.6 Å². The molecular formula is C25H23ClF4N4O. The topological polar surface area (TPSA) is 43.2 Å². The Kier molecular flexibility index (Phi) is 7.28. The zero-order valence-electron chi connectivity index (χ0n) is 19.1. The molecule has 1 aliphatic heterocycles. The van der Waals surface area contributed by atoms with E-state index in [4.69, 9.17) is 16.3 Å². The summed E-state index contributed by atoms with van der Waals surface area (Å²) in [4.78, 5) is 8.90. The lowest BCUT2D eigenvalue weighted by Crippen LogP contribution is -2.25. The second kappa shape index (κ2) is 10.2. The van der Waals surface area contributed by atoms with Gasteiger partial charge in [-0.2, -0.15) is 13.2 Å². The molecule has 0 radical (unpaired) electrons. The van der Waals surface area contributed by atoms with Crippen molar-refractivity contribution < 1.29 is 22.3 Å². The molecule has 0 atom stereocenters. The van der Waals surface area contributed by atoms with Gasteiger partial charge in [0.1, 0.15) is 18.2 Å². The summed E-state index contributed by atoms with van der Waals surface area (Å²) in [6.07, 6.45) is -0.347. The molecule has 5 nitrogen and oxygen atoms in total. The first-order valence-electron chi connectivity index (χ1n) is 11.1. The summed E-state index contributed by atoms with van der Waals surface area (Å²) in [6, 6.07) is 10.1. The Bertz CT molecular complexity index is 1320. The van der Waals surface area contributed by atoms with E-state index in [0.717, 1.165) is 22.2 Å². The molecule has 0 fully saturated rings. The van der Waals surface area contributed by atoms with Gasteiger partial charge in [0.15, 0.2) is 0 Å². The van der Waals surface area contributed by atoms with Crippen molar-refractivity contribution in [3.05, 3.63) is 82.8 Å². The van der Waals surface area contributed by atoms with Gasteiger partial charge in [-0.25, -0.2) is 14.4 Å². The lowest BCUT2D eigenvalue weighted by atomic mass is 10.1. The minimum absolute atomic E-state index is 0.309. The van der Waals surface area contributed by atoms with Gasteiger partial charge in [0.05, 0.1) is 10.5 Å². The Labute approximate surface area is 204 Å². The van der Waals surface area contributed by atoms with Gasteiger partial charge in [-0.05, 0) is 36.4 Å². The number of ether oxygens (including phenoxy) is 1. The maximum atomic E-state index is 13.6. The first kappa shape index (κ1) is 24.9. The molecule has 4 aromatic rings. The predicted octanol–water partition coefficient (Wildman–Crippen LogP) is 6.65. The minimum atomic E-state index is -4.57. The third kappa shape index (κ3) is 5.41. The summed E-state index contributed by atoms with van der Waals surface area (Å²) in [5.74, 6) is -0.892. The maximum Gasteiger partial charge on any atom is 0.451 e. The van der Waals surface area contributed by atoms with E-state index in [1.807, 2.05) is 41.6 Å². The van der Waals surface area contributed by atoms with Gasteiger partial charge in [-0.1, -0.05) is 25.4 Å². The summed E-state index contributed by atoms with van der Waals surface area (Å²) >= 11 is 6.54. The van der Waals surface area contributed by atoms with E-state index in [1.165, 1.54) is 24.5 Å². The number of benzene rings is 2. The van der Waals surface area contributed by atoms with E-state index in [9.17, 15) is 17.6 Å². The van der Waals surface area contributed by atoms with Crippen LogP contribution in [-0.2, 0) is 19.3 Å². The van der Waals surface area contributed by atoms with Crippen molar-refractivity contribution in [1.82, 2.24) is 19.4 Å². The van der Waals surface area contributed by atoms with E-state index in [1.54, 1.807) is 12.1 Å². The van der Waals surface area contributed by atoms with Gasteiger partial charge in [0, 0.05) is 60.4 Å². The molecule has 35 heavy (non-hydrogen) atoms. The molecule has 1 aliphatic rings. The van der Waals surface area contributed by atoms with Crippen LogP contribution in [0.5, 0.6) is 5.75 Å². The van der Waals surface area contributed by atoms with Crippen molar-refractivity contribution in [2.24, 2.45) is 0 Å². The predicted molar refractivity (Wildman–Crippen MR) is 126 cm³/mol. The first-order valence-corrected chi connectivity index (χ1v) is 11.5. The van der Waals surface area contributed by atoms with E-state index >= 15 is 0 Å². The molecule has 2 aromatic heterocycles. The van der Waals surface area contributed by atoms with E-state index < -0.39 is 12.0 Å². The molecule has 2 aromatic carbocycles. The fourth-order valence-electron chi connectivity index (χ4n) is 3.96. The Morgan fingerprint density at radius 2 is 1.80 bits per heavy atom. The third-order valence-corrected chi connectivity index (χ3v) is 5.73. The monoisotopic (exact) mass is 506 g/mol. The summed E-state index contributed by atoms with van der Waals surface area (Å²) in [5.41, 5.74) is 3.03. The van der Waals surface area contributed by atoms with Crippen LogP contribution in [0.15, 0.2) is 55.0 Å². The molecule has 0 spiro atoms. The Balaban J connectivity index is 0.00000141. The number of fused-ring (bicyclic) bond motifs is 2. The SMILES string of the molecule is CC.Fc1ccc2c(ccn2-c2cc(Cl)c3c(c2)CN(Cc2cnc(C(F)(F)F)nc2)CCO3)c1. The largest absolute Gasteiger partial charge is 0.490 e. The second-order valence-electron chi connectivity index (χ2n) is 7.78. The lowest BCUT2D eigenvalue weighted by molar-refractivity contribution is -0.145. The Hall–Kier alpha value is -3.17. The zero-order chi connectivity index (χ0) is 25.2. The average molecular weight is 507 g/mol. The normalized spacial score (nSPS) is 14.0. The number of hydrogen-bond acceptors (Lipinski definition) is 4. The third-order valence-electron chi connectivity index (χ3n) is 5.45. The fourth-order valence-corrected chi connectivity index (χ4v) is 4.25. The van der Waals surface area contributed by atoms with Crippen molar-refractivity contribution in [1.29, 1.82) is 0 Å². The van der Waals surface area contributed by atoms with Crippen LogP contribution in [0.2, 0.25) is 5.02 Å². The summed E-state index contributed by atoms with van der Waals surface area (Å²) in [5, 5.41) is 1.22. The minimum Gasteiger partial charge on any atom is -0.490 e. The van der Waals surface area contributed by atoms with Gasteiger partial charge < -0.3 is 9.30 Å². The highest BCUT2D eigenvalue weighted by atomic mass is 35.5.